The molecule has 10 nitrogen and oxygen atoms in total. The number of nitrogen functional groups attached to an aromatic ring is 1. The quantitative estimate of drug-likeness (QED) is 0.420. The summed E-state index contributed by atoms with van der Waals surface area (Å²) in [6.07, 6.45) is 4.67. The molecule has 1 fully saturated rings. The van der Waals surface area contributed by atoms with Gasteiger partial charge in [-0.05, 0) is 61.2 Å². The lowest BCUT2D eigenvalue weighted by Gasteiger charge is -2.45. The largest absolute Gasteiger partial charge is 0.384 e. The summed E-state index contributed by atoms with van der Waals surface area (Å²) in [4.78, 5) is 55.2. The number of hydrogen-bond acceptors (Lipinski definition) is 7. The van der Waals surface area contributed by atoms with Crippen LogP contribution in [0.2, 0.25) is 5.02 Å². The lowest BCUT2D eigenvalue weighted by atomic mass is 9.81. The number of amides is 4. The van der Waals surface area contributed by atoms with Crippen molar-refractivity contribution in [2.45, 2.75) is 45.2 Å². The molecular formula is C27H30ClN7O3. The number of pyridine rings is 1. The van der Waals surface area contributed by atoms with Crippen LogP contribution < -0.4 is 16.0 Å². The summed E-state index contributed by atoms with van der Waals surface area (Å²) in [6, 6.07) is 10.3. The van der Waals surface area contributed by atoms with Crippen LogP contribution in [0, 0.1) is 12.8 Å². The number of benzene rings is 1. The molecule has 11 heteroatoms. The summed E-state index contributed by atoms with van der Waals surface area (Å²) in [5.41, 5.74) is 8.17. The van der Waals surface area contributed by atoms with E-state index in [1.807, 2.05) is 19.1 Å². The predicted octanol–water partition coefficient (Wildman–Crippen LogP) is 3.70. The van der Waals surface area contributed by atoms with Crippen LogP contribution in [-0.4, -0.2) is 50.8 Å². The predicted molar refractivity (Wildman–Crippen MR) is 144 cm³/mol. The number of rotatable bonds is 8. The van der Waals surface area contributed by atoms with Crippen molar-refractivity contribution >= 4 is 41.2 Å². The van der Waals surface area contributed by atoms with Gasteiger partial charge in [0.15, 0.2) is 0 Å². The van der Waals surface area contributed by atoms with Gasteiger partial charge in [0.2, 0.25) is 11.9 Å². The van der Waals surface area contributed by atoms with Gasteiger partial charge in [-0.1, -0.05) is 37.1 Å². The molecule has 1 aliphatic heterocycles. The maximum absolute atomic E-state index is 13.7. The van der Waals surface area contributed by atoms with E-state index in [9.17, 15) is 14.4 Å². The standard InChI is InChI=1S/C27H30ClN7O3/c1-4-7-21(18-8-5-9-19(28)15-18)33-27(38)35-23(25(37)34(3)26-30-10-6-11-31-26)20(24(35)36)13-17-12-16(2)32-22(29)14-17/h5-6,8-12,14-15,20-21,23H,4,7,13H2,1-3H3,(H2,29,32)(H,33,38)/t20-,21-,23+/m1/s1. The number of hydrogen-bond donors (Lipinski definition) is 2. The highest BCUT2D eigenvalue weighted by Crippen LogP contribution is 2.33. The van der Waals surface area contributed by atoms with Gasteiger partial charge in [-0.25, -0.2) is 19.7 Å². The Hall–Kier alpha value is -4.05. The van der Waals surface area contributed by atoms with Crippen molar-refractivity contribution in [2.75, 3.05) is 17.7 Å². The molecule has 0 bridgehead atoms. The van der Waals surface area contributed by atoms with Crippen LogP contribution in [0.5, 0.6) is 0 Å². The molecule has 38 heavy (non-hydrogen) atoms. The zero-order valence-corrected chi connectivity index (χ0v) is 22.2. The molecule has 3 heterocycles. The van der Waals surface area contributed by atoms with Crippen LogP contribution in [-0.2, 0) is 16.0 Å². The number of halogens is 1. The smallest absolute Gasteiger partial charge is 0.325 e. The van der Waals surface area contributed by atoms with Crippen LogP contribution in [0.1, 0.15) is 42.6 Å². The number of likely N-dealkylation sites (N-methyl/N-ethyl adjacent to an activating group) is 1. The Morgan fingerprint density at radius 2 is 1.92 bits per heavy atom. The van der Waals surface area contributed by atoms with E-state index in [1.165, 1.54) is 24.3 Å². The maximum Gasteiger partial charge on any atom is 0.325 e. The van der Waals surface area contributed by atoms with Gasteiger partial charge >= 0.3 is 6.03 Å². The molecule has 0 saturated carbocycles. The van der Waals surface area contributed by atoms with E-state index in [-0.39, 0.29) is 18.4 Å². The molecule has 0 aliphatic carbocycles. The molecule has 3 aromatic rings. The van der Waals surface area contributed by atoms with E-state index in [0.717, 1.165) is 22.4 Å². The first-order chi connectivity index (χ1) is 18.2. The number of urea groups is 1. The van der Waals surface area contributed by atoms with Crippen LogP contribution in [0.3, 0.4) is 0 Å². The summed E-state index contributed by atoms with van der Waals surface area (Å²) in [7, 11) is 1.52. The Bertz CT molecular complexity index is 1320. The lowest BCUT2D eigenvalue weighted by Crippen LogP contribution is -2.70. The Kier molecular flexibility index (Phi) is 8.21. The number of carbonyl (C=O) groups excluding carboxylic acids is 3. The van der Waals surface area contributed by atoms with E-state index in [4.69, 9.17) is 17.3 Å². The third kappa shape index (κ3) is 5.75. The molecule has 198 valence electrons. The molecule has 4 amide bonds. The molecule has 4 rings (SSSR count). The van der Waals surface area contributed by atoms with Gasteiger partial charge < -0.3 is 11.1 Å². The fourth-order valence-electron chi connectivity index (χ4n) is 4.71. The van der Waals surface area contributed by atoms with Crippen molar-refractivity contribution in [3.05, 3.63) is 76.7 Å². The lowest BCUT2D eigenvalue weighted by molar-refractivity contribution is -0.156. The van der Waals surface area contributed by atoms with Gasteiger partial charge in [-0.2, -0.15) is 0 Å². The van der Waals surface area contributed by atoms with Gasteiger partial charge in [0.25, 0.3) is 5.91 Å². The average Bonchev–Trinajstić information content (AvgIpc) is 2.89. The SMILES string of the molecule is CCC[C@@H](NC(=O)N1C(=O)[C@H](Cc2cc(C)nc(N)c2)[C@H]1C(=O)N(C)c1ncccn1)c1cccc(Cl)c1. The van der Waals surface area contributed by atoms with Crippen molar-refractivity contribution in [1.29, 1.82) is 0 Å². The van der Waals surface area contributed by atoms with Crippen molar-refractivity contribution in [3.8, 4) is 0 Å². The normalized spacial score (nSPS) is 17.5. The van der Waals surface area contributed by atoms with Gasteiger partial charge in [-0.3, -0.25) is 19.4 Å². The van der Waals surface area contributed by atoms with Crippen molar-refractivity contribution < 1.29 is 14.4 Å². The number of likely N-dealkylation sites (tertiary alicyclic amines) is 1. The fraction of sp³-hybridized carbons (Fsp3) is 0.333. The summed E-state index contributed by atoms with van der Waals surface area (Å²) in [5, 5.41) is 3.48. The minimum atomic E-state index is -1.05. The summed E-state index contributed by atoms with van der Waals surface area (Å²) >= 11 is 6.17. The number of nitrogens with zero attached hydrogens (tertiary/aromatic N) is 5. The molecule has 2 aromatic heterocycles. The molecular weight excluding hydrogens is 506 g/mol. The number of nitrogens with two attached hydrogens (primary N) is 1. The third-order valence-corrected chi connectivity index (χ3v) is 6.72. The van der Waals surface area contributed by atoms with Gasteiger partial charge in [0, 0.05) is 30.2 Å². The van der Waals surface area contributed by atoms with Crippen LogP contribution >= 0.6 is 11.6 Å². The van der Waals surface area contributed by atoms with Gasteiger partial charge in [0.1, 0.15) is 11.9 Å². The van der Waals surface area contributed by atoms with Gasteiger partial charge in [0.05, 0.1) is 12.0 Å². The number of aryl methyl sites for hydroxylation is 1. The molecule has 1 saturated heterocycles. The highest BCUT2D eigenvalue weighted by Gasteiger charge is 2.55. The van der Waals surface area contributed by atoms with Crippen molar-refractivity contribution in [1.82, 2.24) is 25.2 Å². The molecule has 3 N–H and O–H groups in total. The molecule has 1 aromatic carbocycles. The Labute approximate surface area is 226 Å². The highest BCUT2D eigenvalue weighted by atomic mass is 35.5. The zero-order valence-electron chi connectivity index (χ0n) is 21.5. The molecule has 0 spiro atoms. The van der Waals surface area contributed by atoms with E-state index in [1.54, 1.807) is 37.3 Å². The second-order valence-corrected chi connectivity index (χ2v) is 9.73. The van der Waals surface area contributed by atoms with E-state index in [0.29, 0.717) is 23.0 Å². The average molecular weight is 536 g/mol. The zero-order chi connectivity index (χ0) is 27.4. The van der Waals surface area contributed by atoms with Crippen LogP contribution in [0.25, 0.3) is 0 Å². The fourth-order valence-corrected chi connectivity index (χ4v) is 4.91. The minimum Gasteiger partial charge on any atom is -0.384 e. The minimum absolute atomic E-state index is 0.169. The topological polar surface area (TPSA) is 134 Å². The Balaban J connectivity index is 1.62. The molecule has 0 radical (unpaired) electrons. The number of β-lactam (4-membered cyclic amide) rings is 1. The van der Waals surface area contributed by atoms with Crippen molar-refractivity contribution in [3.63, 3.8) is 0 Å². The highest BCUT2D eigenvalue weighted by molar-refractivity contribution is 6.30. The summed E-state index contributed by atoms with van der Waals surface area (Å²) in [5.74, 6) is -1.19. The number of nitrogens with one attached hydrogen (secondary N) is 1. The van der Waals surface area contributed by atoms with Crippen molar-refractivity contribution in [2.24, 2.45) is 5.92 Å². The monoisotopic (exact) mass is 535 g/mol. The van der Waals surface area contributed by atoms with Crippen LogP contribution in [0.4, 0.5) is 16.6 Å². The number of anilines is 2. The maximum atomic E-state index is 13.7. The Morgan fingerprint density at radius 3 is 2.58 bits per heavy atom. The first-order valence-corrected chi connectivity index (χ1v) is 12.7. The number of carbonyl (C=O) groups is 3. The van der Waals surface area contributed by atoms with E-state index >= 15 is 0 Å². The first kappa shape index (κ1) is 27.0. The number of aromatic nitrogens is 3. The second kappa shape index (κ2) is 11.6. The van der Waals surface area contributed by atoms with Gasteiger partial charge in [-0.15, -0.1) is 0 Å². The summed E-state index contributed by atoms with van der Waals surface area (Å²) in [6.45, 7) is 3.80. The Morgan fingerprint density at radius 1 is 1.18 bits per heavy atom. The van der Waals surface area contributed by atoms with E-state index in [2.05, 4.69) is 20.3 Å². The van der Waals surface area contributed by atoms with E-state index < -0.39 is 29.8 Å². The molecule has 3 atom stereocenters. The summed E-state index contributed by atoms with van der Waals surface area (Å²) < 4.78 is 0. The third-order valence-electron chi connectivity index (χ3n) is 6.48. The second-order valence-electron chi connectivity index (χ2n) is 9.30. The first-order valence-electron chi connectivity index (χ1n) is 12.4. The molecule has 0 unspecified atom stereocenters. The van der Waals surface area contributed by atoms with Crippen LogP contribution in [0.15, 0.2) is 54.9 Å². The number of imide groups is 1. The molecule has 1 aliphatic rings.